The summed E-state index contributed by atoms with van der Waals surface area (Å²) in [4.78, 5) is 20.1. The van der Waals surface area contributed by atoms with Gasteiger partial charge in [0.15, 0.2) is 17.5 Å². The molecular weight excluding hydrogens is 743 g/mol. The van der Waals surface area contributed by atoms with Crippen LogP contribution in [0.5, 0.6) is 0 Å². The lowest BCUT2D eigenvalue weighted by atomic mass is 9.97. The number of pyridine rings is 1. The molecule has 12 aromatic rings. The highest BCUT2D eigenvalue weighted by molar-refractivity contribution is 6.20. The Kier molecular flexibility index (Phi) is 8.10. The molecule has 0 atom stereocenters. The van der Waals surface area contributed by atoms with E-state index in [9.17, 15) is 0 Å². The molecule has 61 heavy (non-hydrogen) atoms. The summed E-state index contributed by atoms with van der Waals surface area (Å²) in [6, 6.07) is 74.7. The van der Waals surface area contributed by atoms with Crippen molar-refractivity contribution in [3.8, 4) is 62.2 Å². The first-order chi connectivity index (χ1) is 30.2. The first-order valence-corrected chi connectivity index (χ1v) is 20.5. The molecule has 0 fully saturated rings. The van der Waals surface area contributed by atoms with Gasteiger partial charge in [-0.05, 0) is 75.8 Å². The highest BCUT2D eigenvalue weighted by atomic mass is 15.0. The maximum absolute atomic E-state index is 5.24. The Bertz CT molecular complexity index is 3560. The largest absolute Gasteiger partial charge is 0.309 e. The van der Waals surface area contributed by atoms with Gasteiger partial charge in [0.2, 0.25) is 0 Å². The predicted molar refractivity (Wildman–Crippen MR) is 252 cm³/mol. The van der Waals surface area contributed by atoms with E-state index >= 15 is 0 Å². The molecule has 0 N–H and O–H groups in total. The third kappa shape index (κ3) is 6.02. The van der Waals surface area contributed by atoms with Gasteiger partial charge in [0.1, 0.15) is 0 Å². The fourth-order valence-electron chi connectivity index (χ4n) is 8.81. The molecule has 0 aliphatic carbocycles. The van der Waals surface area contributed by atoms with Gasteiger partial charge in [-0.2, -0.15) is 0 Å². The van der Waals surface area contributed by atoms with Gasteiger partial charge in [-0.15, -0.1) is 0 Å². The molecule has 3 heterocycles. The smallest absolute Gasteiger partial charge is 0.164 e. The number of aromatic nitrogens is 5. The maximum atomic E-state index is 5.24. The zero-order valence-electron chi connectivity index (χ0n) is 32.9. The molecule has 5 heteroatoms. The Morgan fingerprint density at radius 3 is 1.46 bits per heavy atom. The van der Waals surface area contributed by atoms with Crippen molar-refractivity contribution in [1.82, 2.24) is 24.5 Å². The van der Waals surface area contributed by atoms with Crippen LogP contribution in [0, 0.1) is 0 Å². The Hall–Kier alpha value is -8.28. The number of hydrogen-bond donors (Lipinski definition) is 0. The minimum Gasteiger partial charge on any atom is -0.309 e. The van der Waals surface area contributed by atoms with E-state index < -0.39 is 0 Å². The number of fused-ring (bicyclic) bond motifs is 7. The van der Waals surface area contributed by atoms with Crippen LogP contribution in [-0.2, 0) is 0 Å². The van der Waals surface area contributed by atoms with Crippen LogP contribution in [0.1, 0.15) is 0 Å². The molecule has 0 spiro atoms. The molecule has 0 amide bonds. The SMILES string of the molecule is c1ccc(-c2nc(-c3ccccc3)nc(-c3ccc4cc(-c5ccc6c7cc8c(-c9ccccc9)nc9ccccc9c8cc7n(-c7ccccc7)c6c5)ccc4c3)n2)cc1. The summed E-state index contributed by atoms with van der Waals surface area (Å²) in [6.45, 7) is 0. The number of para-hydroxylation sites is 2. The zero-order valence-corrected chi connectivity index (χ0v) is 32.9. The van der Waals surface area contributed by atoms with Gasteiger partial charge in [0.05, 0.1) is 22.2 Å². The molecule has 12 rings (SSSR count). The summed E-state index contributed by atoms with van der Waals surface area (Å²) >= 11 is 0. The van der Waals surface area contributed by atoms with E-state index in [1.54, 1.807) is 0 Å². The van der Waals surface area contributed by atoms with Crippen LogP contribution in [0.15, 0.2) is 212 Å². The first kappa shape index (κ1) is 34.7. The minimum atomic E-state index is 0.644. The molecule has 0 saturated carbocycles. The highest BCUT2D eigenvalue weighted by Crippen LogP contribution is 2.41. The molecule has 0 radical (unpaired) electrons. The fourth-order valence-corrected chi connectivity index (χ4v) is 8.81. The molecule has 0 saturated heterocycles. The summed E-state index contributed by atoms with van der Waals surface area (Å²) < 4.78 is 2.42. The first-order valence-electron chi connectivity index (χ1n) is 20.5. The summed E-state index contributed by atoms with van der Waals surface area (Å²) in [5.41, 5.74) is 11.7. The summed E-state index contributed by atoms with van der Waals surface area (Å²) in [5.74, 6) is 1.95. The molecule has 284 valence electrons. The van der Waals surface area contributed by atoms with E-state index in [-0.39, 0.29) is 0 Å². The van der Waals surface area contributed by atoms with Crippen molar-refractivity contribution >= 4 is 54.3 Å². The van der Waals surface area contributed by atoms with E-state index in [4.69, 9.17) is 19.9 Å². The Morgan fingerprint density at radius 1 is 0.279 bits per heavy atom. The van der Waals surface area contributed by atoms with Crippen molar-refractivity contribution in [3.05, 3.63) is 212 Å². The van der Waals surface area contributed by atoms with E-state index in [0.29, 0.717) is 17.5 Å². The second-order valence-corrected chi connectivity index (χ2v) is 15.5. The summed E-state index contributed by atoms with van der Waals surface area (Å²) in [7, 11) is 0. The summed E-state index contributed by atoms with van der Waals surface area (Å²) in [6.07, 6.45) is 0. The predicted octanol–water partition coefficient (Wildman–Crippen LogP) is 14.2. The van der Waals surface area contributed by atoms with Crippen LogP contribution >= 0.6 is 0 Å². The standard InChI is InChI=1S/C56H35N5/c1-5-15-36(16-6-1)53-49-34-48-46-30-29-42(33-51(46)61(44-21-11-4-12-22-44)52(48)35-47(49)45-23-13-14-24-50(45)57-53)40-25-26-41-32-43(28-27-39(41)31-40)56-59-54(37-17-7-2-8-18-37)58-55(60-56)38-19-9-3-10-20-38/h1-35H. The molecule has 9 aromatic carbocycles. The molecule has 0 aliphatic heterocycles. The van der Waals surface area contributed by atoms with Crippen molar-refractivity contribution in [2.45, 2.75) is 0 Å². The summed E-state index contributed by atoms with van der Waals surface area (Å²) in [5, 5.41) is 8.14. The lowest BCUT2D eigenvalue weighted by molar-refractivity contribution is 1.07. The van der Waals surface area contributed by atoms with Gasteiger partial charge in [-0.1, -0.05) is 164 Å². The third-order valence-corrected chi connectivity index (χ3v) is 11.8. The molecule has 5 nitrogen and oxygen atoms in total. The van der Waals surface area contributed by atoms with Crippen molar-refractivity contribution in [2.75, 3.05) is 0 Å². The maximum Gasteiger partial charge on any atom is 0.164 e. The topological polar surface area (TPSA) is 56.5 Å². The second kappa shape index (κ2) is 14.2. The van der Waals surface area contributed by atoms with Crippen LogP contribution in [0.3, 0.4) is 0 Å². The molecule has 0 aliphatic rings. The highest BCUT2D eigenvalue weighted by Gasteiger charge is 2.19. The Balaban J connectivity index is 1.00. The normalized spacial score (nSPS) is 11.6. The molecule has 0 bridgehead atoms. The average molecular weight is 778 g/mol. The third-order valence-electron chi connectivity index (χ3n) is 11.8. The second-order valence-electron chi connectivity index (χ2n) is 15.5. The molecular formula is C56H35N5. The van der Waals surface area contributed by atoms with Crippen LogP contribution in [-0.4, -0.2) is 24.5 Å². The van der Waals surface area contributed by atoms with Crippen LogP contribution in [0.4, 0.5) is 0 Å². The number of benzene rings is 9. The average Bonchev–Trinajstić information content (AvgIpc) is 3.66. The lowest BCUT2D eigenvalue weighted by Gasteiger charge is -2.12. The number of nitrogens with zero attached hydrogens (tertiary/aromatic N) is 5. The monoisotopic (exact) mass is 777 g/mol. The van der Waals surface area contributed by atoms with Crippen molar-refractivity contribution in [1.29, 1.82) is 0 Å². The number of hydrogen-bond acceptors (Lipinski definition) is 4. The van der Waals surface area contributed by atoms with Crippen LogP contribution in [0.25, 0.3) is 116 Å². The van der Waals surface area contributed by atoms with Gasteiger partial charge in [-0.25, -0.2) is 19.9 Å². The van der Waals surface area contributed by atoms with E-state index in [1.807, 2.05) is 60.7 Å². The minimum absolute atomic E-state index is 0.644. The van der Waals surface area contributed by atoms with E-state index in [0.717, 1.165) is 82.9 Å². The zero-order chi connectivity index (χ0) is 40.3. The molecule has 3 aromatic heterocycles. The molecule has 0 unspecified atom stereocenters. The van der Waals surface area contributed by atoms with E-state index in [2.05, 4.69) is 156 Å². The van der Waals surface area contributed by atoms with Gasteiger partial charge in [0, 0.05) is 49.5 Å². The van der Waals surface area contributed by atoms with Crippen LogP contribution < -0.4 is 0 Å². The van der Waals surface area contributed by atoms with Gasteiger partial charge >= 0.3 is 0 Å². The van der Waals surface area contributed by atoms with E-state index in [1.165, 1.54) is 16.2 Å². The lowest BCUT2D eigenvalue weighted by Crippen LogP contribution is -2.00. The van der Waals surface area contributed by atoms with Crippen molar-refractivity contribution in [2.24, 2.45) is 0 Å². The fraction of sp³-hybridized carbons (Fsp3) is 0. The van der Waals surface area contributed by atoms with Gasteiger partial charge in [-0.3, -0.25) is 0 Å². The van der Waals surface area contributed by atoms with Crippen LogP contribution in [0.2, 0.25) is 0 Å². The van der Waals surface area contributed by atoms with Gasteiger partial charge in [0.25, 0.3) is 0 Å². The Labute approximate surface area is 351 Å². The number of rotatable bonds is 6. The van der Waals surface area contributed by atoms with Crippen molar-refractivity contribution < 1.29 is 0 Å². The van der Waals surface area contributed by atoms with Crippen molar-refractivity contribution in [3.63, 3.8) is 0 Å². The Morgan fingerprint density at radius 2 is 0.787 bits per heavy atom. The van der Waals surface area contributed by atoms with Gasteiger partial charge < -0.3 is 4.57 Å². The quantitative estimate of drug-likeness (QED) is 0.158.